The van der Waals surface area contributed by atoms with Crippen molar-refractivity contribution >= 4 is 23.5 Å². The Bertz CT molecular complexity index is 692. The summed E-state index contributed by atoms with van der Waals surface area (Å²) < 4.78 is 5.25. The van der Waals surface area contributed by atoms with Gasteiger partial charge < -0.3 is 20.5 Å². The molecule has 1 saturated carbocycles. The SMILES string of the molecule is CC1CCC(NC(=O)c2ccc3c(c2)NC(=O)CO3)(C(=O)O)CC1. The number of anilines is 1. The van der Waals surface area contributed by atoms with Crippen LogP contribution in [0.5, 0.6) is 5.75 Å². The highest BCUT2D eigenvalue weighted by molar-refractivity contribution is 6.01. The average molecular weight is 332 g/mol. The van der Waals surface area contributed by atoms with Gasteiger partial charge in [-0.1, -0.05) is 6.92 Å². The topological polar surface area (TPSA) is 105 Å². The van der Waals surface area contributed by atoms with Crippen LogP contribution in [0.3, 0.4) is 0 Å². The van der Waals surface area contributed by atoms with Crippen LogP contribution < -0.4 is 15.4 Å². The number of ether oxygens (including phenoxy) is 1. The van der Waals surface area contributed by atoms with Crippen molar-refractivity contribution in [3.05, 3.63) is 23.8 Å². The van der Waals surface area contributed by atoms with E-state index in [-0.39, 0.29) is 12.5 Å². The first-order chi connectivity index (χ1) is 11.4. The maximum atomic E-state index is 12.5. The van der Waals surface area contributed by atoms with Crippen LogP contribution in [0.2, 0.25) is 0 Å². The summed E-state index contributed by atoms with van der Waals surface area (Å²) in [6.07, 6.45) is 2.36. The molecule has 7 heteroatoms. The van der Waals surface area contributed by atoms with Gasteiger partial charge in [-0.2, -0.15) is 0 Å². The molecule has 1 aromatic carbocycles. The van der Waals surface area contributed by atoms with Crippen LogP contribution >= 0.6 is 0 Å². The number of benzene rings is 1. The number of carboxylic acids is 1. The molecule has 1 aliphatic carbocycles. The zero-order valence-electron chi connectivity index (χ0n) is 13.4. The number of fused-ring (bicyclic) bond motifs is 1. The molecule has 3 N–H and O–H groups in total. The van der Waals surface area contributed by atoms with Crippen molar-refractivity contribution in [1.82, 2.24) is 5.32 Å². The van der Waals surface area contributed by atoms with E-state index in [1.807, 2.05) is 0 Å². The van der Waals surface area contributed by atoms with Crippen molar-refractivity contribution < 1.29 is 24.2 Å². The van der Waals surface area contributed by atoms with E-state index in [1.54, 1.807) is 12.1 Å². The summed E-state index contributed by atoms with van der Waals surface area (Å²) in [7, 11) is 0. The van der Waals surface area contributed by atoms with Gasteiger partial charge in [-0.25, -0.2) is 4.79 Å². The van der Waals surface area contributed by atoms with Gasteiger partial charge in [-0.15, -0.1) is 0 Å². The van der Waals surface area contributed by atoms with Crippen LogP contribution in [0.4, 0.5) is 5.69 Å². The molecule has 128 valence electrons. The summed E-state index contributed by atoms with van der Waals surface area (Å²) in [6, 6.07) is 4.66. The van der Waals surface area contributed by atoms with E-state index in [4.69, 9.17) is 4.74 Å². The lowest BCUT2D eigenvalue weighted by Crippen LogP contribution is -2.56. The Hall–Kier alpha value is -2.57. The van der Waals surface area contributed by atoms with Crippen LogP contribution in [0.15, 0.2) is 18.2 Å². The van der Waals surface area contributed by atoms with Crippen LogP contribution in [-0.2, 0) is 9.59 Å². The van der Waals surface area contributed by atoms with Gasteiger partial charge >= 0.3 is 5.97 Å². The first-order valence-corrected chi connectivity index (χ1v) is 8.02. The number of carbonyl (C=O) groups is 3. The number of amides is 2. The molecule has 1 heterocycles. The lowest BCUT2D eigenvalue weighted by Gasteiger charge is -2.36. The van der Waals surface area contributed by atoms with Crippen LogP contribution in [0, 0.1) is 5.92 Å². The number of rotatable bonds is 3. The molecule has 0 spiro atoms. The number of nitrogens with one attached hydrogen (secondary N) is 2. The molecule has 1 fully saturated rings. The quantitative estimate of drug-likeness (QED) is 0.782. The number of carbonyl (C=O) groups excluding carboxylic acids is 2. The summed E-state index contributed by atoms with van der Waals surface area (Å²) in [6.45, 7) is 2.03. The van der Waals surface area contributed by atoms with Crippen LogP contribution in [0.1, 0.15) is 43.0 Å². The predicted molar refractivity (Wildman–Crippen MR) is 86.0 cm³/mol. The fourth-order valence-corrected chi connectivity index (χ4v) is 3.16. The Labute approximate surface area is 139 Å². The molecule has 0 saturated heterocycles. The van der Waals surface area contributed by atoms with Gasteiger partial charge in [0.25, 0.3) is 11.8 Å². The van der Waals surface area contributed by atoms with E-state index >= 15 is 0 Å². The predicted octanol–water partition coefficient (Wildman–Crippen LogP) is 1.78. The van der Waals surface area contributed by atoms with Crippen molar-refractivity contribution in [2.24, 2.45) is 5.92 Å². The molecule has 24 heavy (non-hydrogen) atoms. The minimum atomic E-state index is -1.22. The Morgan fingerprint density at radius 1 is 1.33 bits per heavy atom. The summed E-state index contributed by atoms with van der Waals surface area (Å²) >= 11 is 0. The molecule has 0 aromatic heterocycles. The van der Waals surface area contributed by atoms with E-state index in [0.717, 1.165) is 12.8 Å². The van der Waals surface area contributed by atoms with E-state index in [1.165, 1.54) is 6.07 Å². The average Bonchev–Trinajstić information content (AvgIpc) is 2.56. The summed E-state index contributed by atoms with van der Waals surface area (Å²) in [5, 5.41) is 14.9. The summed E-state index contributed by atoms with van der Waals surface area (Å²) in [5.41, 5.74) is -0.515. The minimum Gasteiger partial charge on any atom is -0.482 e. The molecule has 1 aromatic rings. The molecule has 2 amide bonds. The molecule has 3 rings (SSSR count). The first-order valence-electron chi connectivity index (χ1n) is 8.02. The van der Waals surface area contributed by atoms with Gasteiger partial charge in [0.15, 0.2) is 6.61 Å². The Morgan fingerprint density at radius 3 is 2.71 bits per heavy atom. The van der Waals surface area contributed by atoms with Crippen molar-refractivity contribution in [3.8, 4) is 5.75 Å². The molecule has 0 unspecified atom stereocenters. The van der Waals surface area contributed by atoms with Crippen molar-refractivity contribution in [2.75, 3.05) is 11.9 Å². The van der Waals surface area contributed by atoms with Crippen LogP contribution in [0.25, 0.3) is 0 Å². The fourth-order valence-electron chi connectivity index (χ4n) is 3.16. The van der Waals surface area contributed by atoms with E-state index in [9.17, 15) is 19.5 Å². The smallest absolute Gasteiger partial charge is 0.329 e. The molecule has 0 radical (unpaired) electrons. The molecular formula is C17H20N2O5. The van der Waals surface area contributed by atoms with E-state index < -0.39 is 17.4 Å². The largest absolute Gasteiger partial charge is 0.482 e. The highest BCUT2D eigenvalue weighted by Crippen LogP contribution is 2.33. The molecular weight excluding hydrogens is 312 g/mol. The zero-order chi connectivity index (χ0) is 17.3. The highest BCUT2D eigenvalue weighted by atomic mass is 16.5. The fraction of sp³-hybridized carbons (Fsp3) is 0.471. The third-order valence-corrected chi connectivity index (χ3v) is 4.76. The number of carboxylic acid groups (broad SMARTS) is 1. The zero-order valence-corrected chi connectivity index (χ0v) is 13.4. The summed E-state index contributed by atoms with van der Waals surface area (Å²) in [4.78, 5) is 35.7. The number of aliphatic carboxylic acids is 1. The van der Waals surface area contributed by atoms with Crippen molar-refractivity contribution in [1.29, 1.82) is 0 Å². The third-order valence-electron chi connectivity index (χ3n) is 4.76. The van der Waals surface area contributed by atoms with Gasteiger partial charge in [0.1, 0.15) is 11.3 Å². The van der Waals surface area contributed by atoms with Gasteiger partial charge in [0.05, 0.1) is 5.69 Å². The molecule has 0 bridgehead atoms. The maximum Gasteiger partial charge on any atom is 0.329 e. The number of hydrogen-bond donors (Lipinski definition) is 3. The van der Waals surface area contributed by atoms with E-state index in [0.29, 0.717) is 35.8 Å². The Morgan fingerprint density at radius 2 is 2.04 bits per heavy atom. The van der Waals surface area contributed by atoms with Gasteiger partial charge in [0, 0.05) is 5.56 Å². The Kier molecular flexibility index (Phi) is 4.17. The van der Waals surface area contributed by atoms with Crippen molar-refractivity contribution in [3.63, 3.8) is 0 Å². The summed E-state index contributed by atoms with van der Waals surface area (Å²) in [5.74, 6) is -0.800. The molecule has 7 nitrogen and oxygen atoms in total. The molecule has 2 aliphatic rings. The molecule has 0 atom stereocenters. The Balaban J connectivity index is 1.80. The van der Waals surface area contributed by atoms with Crippen molar-refractivity contribution in [2.45, 2.75) is 38.1 Å². The monoisotopic (exact) mass is 332 g/mol. The van der Waals surface area contributed by atoms with Gasteiger partial charge in [0.2, 0.25) is 0 Å². The van der Waals surface area contributed by atoms with Crippen LogP contribution in [-0.4, -0.2) is 35.0 Å². The first kappa shape index (κ1) is 16.3. The maximum absolute atomic E-state index is 12.5. The highest BCUT2D eigenvalue weighted by Gasteiger charge is 2.42. The van der Waals surface area contributed by atoms with Gasteiger partial charge in [-0.05, 0) is 49.8 Å². The second-order valence-corrected chi connectivity index (χ2v) is 6.57. The normalized spacial score (nSPS) is 25.9. The van der Waals surface area contributed by atoms with E-state index in [2.05, 4.69) is 17.6 Å². The lowest BCUT2D eigenvalue weighted by molar-refractivity contribution is -0.146. The lowest BCUT2D eigenvalue weighted by atomic mass is 9.77. The standard InChI is InChI=1S/C17H20N2O5/c1-10-4-6-17(7-5-10,16(22)23)19-15(21)11-2-3-13-12(8-11)18-14(20)9-24-13/h2-3,8,10H,4-7,9H2,1H3,(H,18,20)(H,19,21)(H,22,23). The molecule has 1 aliphatic heterocycles. The number of hydrogen-bond acceptors (Lipinski definition) is 4. The third kappa shape index (κ3) is 3.06. The second-order valence-electron chi connectivity index (χ2n) is 6.57. The van der Waals surface area contributed by atoms with Gasteiger partial charge in [-0.3, -0.25) is 9.59 Å². The second kappa shape index (κ2) is 6.14. The minimum absolute atomic E-state index is 0.0567.